The summed E-state index contributed by atoms with van der Waals surface area (Å²) in [5.74, 6) is -0.0881. The number of aromatic nitrogens is 1. The molecule has 0 unspecified atom stereocenters. The molecule has 9 heteroatoms. The number of sulfonamides is 1. The molecule has 0 saturated heterocycles. The second kappa shape index (κ2) is 8.19. The molecule has 0 aliphatic heterocycles. The van der Waals surface area contributed by atoms with Gasteiger partial charge < -0.3 is 10.3 Å². The van der Waals surface area contributed by atoms with Gasteiger partial charge in [-0.05, 0) is 57.1 Å². The van der Waals surface area contributed by atoms with Crippen molar-refractivity contribution >= 4 is 55.4 Å². The van der Waals surface area contributed by atoms with Gasteiger partial charge in [0.1, 0.15) is 0 Å². The summed E-state index contributed by atoms with van der Waals surface area (Å²) in [4.78, 5) is 15.0. The Morgan fingerprint density at radius 3 is 2.79 bits per heavy atom. The zero-order chi connectivity index (χ0) is 17.7. The number of amides is 1. The number of H-pyrrole nitrogens is 1. The van der Waals surface area contributed by atoms with Gasteiger partial charge in [-0.2, -0.15) is 0 Å². The number of carbonyl (C=O) groups is 1. The van der Waals surface area contributed by atoms with Crippen LogP contribution in [-0.2, 0) is 14.8 Å². The minimum absolute atomic E-state index is 0.0881. The third kappa shape index (κ3) is 5.37. The summed E-state index contributed by atoms with van der Waals surface area (Å²) in [6.07, 6.45) is 1.59. The fourth-order valence-corrected chi connectivity index (χ4v) is 3.90. The fraction of sp³-hybridized carbons (Fsp3) is 0.467. The van der Waals surface area contributed by atoms with Crippen LogP contribution >= 0.6 is 23.6 Å². The van der Waals surface area contributed by atoms with Gasteiger partial charge in [0.2, 0.25) is 15.9 Å². The van der Waals surface area contributed by atoms with Crippen LogP contribution in [0.15, 0.2) is 18.2 Å². The van der Waals surface area contributed by atoms with Crippen LogP contribution in [0.3, 0.4) is 0 Å². The maximum atomic E-state index is 11.9. The van der Waals surface area contributed by atoms with Crippen LogP contribution in [0.1, 0.15) is 33.1 Å². The lowest BCUT2D eigenvalue weighted by atomic mass is 10.2. The first kappa shape index (κ1) is 19.0. The summed E-state index contributed by atoms with van der Waals surface area (Å²) in [7, 11) is -3.23. The first-order valence-electron chi connectivity index (χ1n) is 7.69. The van der Waals surface area contributed by atoms with E-state index in [9.17, 15) is 13.2 Å². The number of fused-ring (bicyclic) bond motifs is 1. The van der Waals surface area contributed by atoms with E-state index in [0.29, 0.717) is 29.8 Å². The number of unbranched alkanes of at least 4 members (excludes halogenated alkanes) is 1. The number of rotatable bonds is 8. The van der Waals surface area contributed by atoms with Gasteiger partial charge in [-0.25, -0.2) is 13.1 Å². The van der Waals surface area contributed by atoms with Crippen LogP contribution in [-0.4, -0.2) is 31.1 Å². The Kier molecular flexibility index (Phi) is 6.50. The molecule has 0 spiro atoms. The zero-order valence-corrected chi connectivity index (χ0v) is 16.0. The molecule has 0 radical (unpaired) electrons. The molecule has 1 aromatic heterocycles. The van der Waals surface area contributed by atoms with Crippen molar-refractivity contribution in [2.24, 2.45) is 0 Å². The second-order valence-electron chi connectivity index (χ2n) is 5.72. The Morgan fingerprint density at radius 2 is 2.08 bits per heavy atom. The van der Waals surface area contributed by atoms with E-state index in [1.807, 2.05) is 18.2 Å². The van der Waals surface area contributed by atoms with Crippen molar-refractivity contribution in [3.63, 3.8) is 0 Å². The maximum Gasteiger partial charge on any atom is 0.224 e. The molecule has 0 atom stereocenters. The molecule has 0 fully saturated rings. The molecule has 6 nitrogen and oxygen atoms in total. The second-order valence-corrected chi connectivity index (χ2v) is 9.76. The lowest BCUT2D eigenvalue weighted by Crippen LogP contribution is -2.31. The lowest BCUT2D eigenvalue weighted by Gasteiger charge is -2.09. The highest BCUT2D eigenvalue weighted by Crippen LogP contribution is 2.22. The molecule has 0 aliphatic carbocycles. The van der Waals surface area contributed by atoms with Gasteiger partial charge in [0.25, 0.3) is 0 Å². The molecule has 1 amide bonds. The number of benzene rings is 1. The molecule has 0 saturated carbocycles. The molecule has 0 aliphatic rings. The number of carbonyl (C=O) groups excluding carboxylic acids is 1. The van der Waals surface area contributed by atoms with Crippen molar-refractivity contribution in [1.82, 2.24) is 9.71 Å². The summed E-state index contributed by atoms with van der Waals surface area (Å²) in [6, 6.07) is 5.62. The number of anilines is 1. The first-order valence-corrected chi connectivity index (χ1v) is 10.5. The van der Waals surface area contributed by atoms with Crippen molar-refractivity contribution < 1.29 is 13.2 Å². The van der Waals surface area contributed by atoms with Crippen LogP contribution in [0.4, 0.5) is 5.69 Å². The molecule has 0 bridgehead atoms. The summed E-state index contributed by atoms with van der Waals surface area (Å²) in [5, 5.41) is 2.40. The van der Waals surface area contributed by atoms with E-state index in [1.165, 1.54) is 11.3 Å². The average molecular weight is 388 g/mol. The van der Waals surface area contributed by atoms with E-state index >= 15 is 0 Å². The van der Waals surface area contributed by atoms with Gasteiger partial charge >= 0.3 is 0 Å². The standard InChI is InChI=1S/C15H21N3O3S3/c1-10(2)24(20,21)16-8-4-3-5-14(19)17-11-6-7-13-12(9-11)18-15(22)23-13/h6-7,9-10,16H,3-5,8H2,1-2H3,(H,17,19)(H,18,22). The molecule has 3 N–H and O–H groups in total. The molecule has 2 aromatic rings. The molecule has 1 heterocycles. The zero-order valence-electron chi connectivity index (χ0n) is 13.6. The number of hydrogen-bond donors (Lipinski definition) is 3. The number of aromatic amines is 1. The normalized spacial score (nSPS) is 12.0. The maximum absolute atomic E-state index is 11.9. The van der Waals surface area contributed by atoms with E-state index in [1.54, 1.807) is 13.8 Å². The third-order valence-electron chi connectivity index (χ3n) is 3.46. The van der Waals surface area contributed by atoms with Crippen molar-refractivity contribution in [2.45, 2.75) is 38.4 Å². The lowest BCUT2D eigenvalue weighted by molar-refractivity contribution is -0.116. The van der Waals surface area contributed by atoms with Crippen molar-refractivity contribution in [3.8, 4) is 0 Å². The Morgan fingerprint density at radius 1 is 1.33 bits per heavy atom. The van der Waals surface area contributed by atoms with Crippen LogP contribution < -0.4 is 10.0 Å². The monoisotopic (exact) mass is 387 g/mol. The molecule has 24 heavy (non-hydrogen) atoms. The molecule has 2 rings (SSSR count). The van der Waals surface area contributed by atoms with Crippen molar-refractivity contribution in [2.75, 3.05) is 11.9 Å². The van der Waals surface area contributed by atoms with E-state index < -0.39 is 15.3 Å². The Hall–Kier alpha value is -1.29. The van der Waals surface area contributed by atoms with Crippen molar-refractivity contribution in [3.05, 3.63) is 22.2 Å². The Bertz CT molecular complexity index is 869. The quantitative estimate of drug-likeness (QED) is 0.478. The molecule has 1 aromatic carbocycles. The summed E-state index contributed by atoms with van der Waals surface area (Å²) in [6.45, 7) is 3.62. The smallest absolute Gasteiger partial charge is 0.224 e. The van der Waals surface area contributed by atoms with Gasteiger partial charge in [-0.15, -0.1) is 11.3 Å². The number of thiazole rings is 1. The van der Waals surface area contributed by atoms with Crippen LogP contribution in [0.5, 0.6) is 0 Å². The number of hydrogen-bond acceptors (Lipinski definition) is 5. The number of nitrogens with one attached hydrogen (secondary N) is 3. The van der Waals surface area contributed by atoms with Gasteiger partial charge in [-0.3, -0.25) is 4.79 Å². The van der Waals surface area contributed by atoms with E-state index in [4.69, 9.17) is 12.2 Å². The summed E-state index contributed by atoms with van der Waals surface area (Å²) < 4.78 is 27.4. The largest absolute Gasteiger partial charge is 0.337 e. The molecular weight excluding hydrogens is 366 g/mol. The van der Waals surface area contributed by atoms with Gasteiger partial charge in [0.05, 0.1) is 15.5 Å². The predicted molar refractivity (Wildman–Crippen MR) is 102 cm³/mol. The minimum Gasteiger partial charge on any atom is -0.337 e. The molecular formula is C15H21N3O3S3. The third-order valence-corrected chi connectivity index (χ3v) is 6.52. The summed E-state index contributed by atoms with van der Waals surface area (Å²) in [5.41, 5.74) is 1.63. The van der Waals surface area contributed by atoms with E-state index in [0.717, 1.165) is 15.9 Å². The van der Waals surface area contributed by atoms with E-state index in [2.05, 4.69) is 15.0 Å². The first-order chi connectivity index (χ1) is 11.3. The van der Waals surface area contributed by atoms with Crippen LogP contribution in [0.25, 0.3) is 10.2 Å². The Labute approximate surface area is 150 Å². The highest BCUT2D eigenvalue weighted by atomic mass is 32.2. The van der Waals surface area contributed by atoms with E-state index in [-0.39, 0.29) is 5.91 Å². The van der Waals surface area contributed by atoms with Gasteiger partial charge in [0, 0.05) is 18.7 Å². The fourth-order valence-electron chi connectivity index (χ4n) is 2.04. The SMILES string of the molecule is CC(C)S(=O)(=O)NCCCCC(=O)Nc1ccc2sc(=S)[nH]c2c1. The Balaban J connectivity index is 1.75. The van der Waals surface area contributed by atoms with Crippen LogP contribution in [0, 0.1) is 3.95 Å². The van der Waals surface area contributed by atoms with Gasteiger partial charge in [-0.1, -0.05) is 0 Å². The van der Waals surface area contributed by atoms with Crippen LogP contribution in [0.2, 0.25) is 0 Å². The van der Waals surface area contributed by atoms with Crippen molar-refractivity contribution in [1.29, 1.82) is 0 Å². The predicted octanol–water partition coefficient (Wildman–Crippen LogP) is 3.40. The van der Waals surface area contributed by atoms with Gasteiger partial charge in [0.15, 0.2) is 3.95 Å². The summed E-state index contributed by atoms with van der Waals surface area (Å²) >= 11 is 6.59. The topological polar surface area (TPSA) is 91.1 Å². The highest BCUT2D eigenvalue weighted by molar-refractivity contribution is 7.90. The molecule has 132 valence electrons. The minimum atomic E-state index is -3.23. The average Bonchev–Trinajstić information content (AvgIpc) is 2.86. The highest BCUT2D eigenvalue weighted by Gasteiger charge is 2.14.